The van der Waals surface area contributed by atoms with Gasteiger partial charge in [0.05, 0.1) is 24.3 Å². The van der Waals surface area contributed by atoms with Crippen LogP contribution < -0.4 is 10.3 Å². The van der Waals surface area contributed by atoms with E-state index in [4.69, 9.17) is 4.74 Å². The zero-order valence-corrected chi connectivity index (χ0v) is 18.7. The molecule has 0 aliphatic rings. The van der Waals surface area contributed by atoms with Gasteiger partial charge in [0.15, 0.2) is 0 Å². The second kappa shape index (κ2) is 11.5. The van der Waals surface area contributed by atoms with E-state index in [0.717, 1.165) is 11.5 Å². The second-order valence-electron chi connectivity index (χ2n) is 7.77. The Kier molecular flexibility index (Phi) is 9.03. The first-order valence-electron chi connectivity index (χ1n) is 10.7. The van der Waals surface area contributed by atoms with E-state index in [2.05, 4.69) is 25.8 Å². The maximum absolute atomic E-state index is 14.0. The van der Waals surface area contributed by atoms with Gasteiger partial charge < -0.3 is 4.74 Å². The van der Waals surface area contributed by atoms with Crippen molar-refractivity contribution in [2.75, 3.05) is 7.11 Å². The summed E-state index contributed by atoms with van der Waals surface area (Å²) in [6, 6.07) is 10.3. The van der Waals surface area contributed by atoms with Crippen LogP contribution in [0.5, 0.6) is 5.75 Å². The molecule has 3 rings (SSSR count). The zero-order chi connectivity index (χ0) is 22.1. The van der Waals surface area contributed by atoms with Crippen molar-refractivity contribution in [3.05, 3.63) is 70.0 Å². The number of aromatic nitrogens is 2. The van der Waals surface area contributed by atoms with Crippen molar-refractivity contribution in [2.24, 2.45) is 5.92 Å². The lowest BCUT2D eigenvalue weighted by molar-refractivity contribution is 0.410. The van der Waals surface area contributed by atoms with Gasteiger partial charge in [-0.15, -0.1) is 0 Å². The van der Waals surface area contributed by atoms with E-state index in [1.54, 1.807) is 18.2 Å². The monoisotopic (exact) mass is 412 g/mol. The Bertz CT molecular complexity index is 1010. The van der Waals surface area contributed by atoms with E-state index >= 15 is 0 Å². The molecule has 0 saturated heterocycles. The average Bonchev–Trinajstić information content (AvgIpc) is 2.74. The van der Waals surface area contributed by atoms with Crippen LogP contribution in [-0.4, -0.2) is 16.7 Å². The topological polar surface area (TPSA) is 44.1 Å². The van der Waals surface area contributed by atoms with Gasteiger partial charge in [-0.2, -0.15) is 0 Å². The third-order valence-corrected chi connectivity index (χ3v) is 5.34. The number of fused-ring (bicyclic) bond motifs is 1. The molecule has 0 aliphatic carbocycles. The molecule has 0 fully saturated rings. The molecule has 0 bridgehead atoms. The number of hydrogen-bond donors (Lipinski definition) is 0. The van der Waals surface area contributed by atoms with Gasteiger partial charge in [0, 0.05) is 12.6 Å². The summed E-state index contributed by atoms with van der Waals surface area (Å²) in [5, 5.41) is 0.577. The quantitative estimate of drug-likeness (QED) is 0.483. The van der Waals surface area contributed by atoms with Crippen molar-refractivity contribution in [2.45, 2.75) is 59.9 Å². The van der Waals surface area contributed by atoms with Crippen molar-refractivity contribution >= 4 is 10.9 Å². The molecule has 0 radical (unpaired) electrons. The number of ether oxygens (including phenoxy) is 1. The van der Waals surface area contributed by atoms with Crippen LogP contribution in [0.1, 0.15) is 51.2 Å². The fourth-order valence-corrected chi connectivity index (χ4v) is 3.22. The molecular formula is C25H33FN2O2. The fourth-order valence-electron chi connectivity index (χ4n) is 3.22. The van der Waals surface area contributed by atoms with Crippen LogP contribution in [0.2, 0.25) is 0 Å². The van der Waals surface area contributed by atoms with Crippen LogP contribution in [0.3, 0.4) is 0 Å². The SMILES string of the molecule is CCCC(C)CC.COc1ccc(CCn2cnc3cc(C)ccc3c2=O)c(F)c1. The number of benzene rings is 2. The van der Waals surface area contributed by atoms with Crippen LogP contribution in [0.4, 0.5) is 4.39 Å². The van der Waals surface area contributed by atoms with Crippen molar-refractivity contribution in [1.82, 2.24) is 9.55 Å². The molecule has 0 amide bonds. The molecule has 1 heterocycles. The van der Waals surface area contributed by atoms with E-state index in [9.17, 15) is 9.18 Å². The van der Waals surface area contributed by atoms with Crippen LogP contribution in [-0.2, 0) is 13.0 Å². The van der Waals surface area contributed by atoms with Gasteiger partial charge >= 0.3 is 0 Å². The Morgan fingerprint density at radius 3 is 2.53 bits per heavy atom. The summed E-state index contributed by atoms with van der Waals surface area (Å²) in [6.45, 7) is 9.13. The highest BCUT2D eigenvalue weighted by Crippen LogP contribution is 2.17. The number of rotatable bonds is 7. The van der Waals surface area contributed by atoms with Gasteiger partial charge in [-0.05, 0) is 48.6 Å². The maximum Gasteiger partial charge on any atom is 0.261 e. The highest BCUT2D eigenvalue weighted by Gasteiger charge is 2.07. The Balaban J connectivity index is 0.000000396. The Morgan fingerprint density at radius 2 is 1.93 bits per heavy atom. The zero-order valence-electron chi connectivity index (χ0n) is 18.7. The van der Waals surface area contributed by atoms with E-state index in [0.29, 0.717) is 35.2 Å². The molecule has 0 aliphatic heterocycles. The summed E-state index contributed by atoms with van der Waals surface area (Å²) >= 11 is 0. The van der Waals surface area contributed by atoms with E-state index in [-0.39, 0.29) is 11.4 Å². The van der Waals surface area contributed by atoms with Crippen molar-refractivity contribution < 1.29 is 9.13 Å². The normalized spacial score (nSPS) is 11.7. The standard InChI is InChI=1S/C18H17FN2O2.C7H16/c1-12-3-6-15-17(9-12)20-11-21(18(15)22)8-7-13-4-5-14(23-2)10-16(13)19;1-4-6-7(3)5-2/h3-6,9-11H,7-8H2,1-2H3;7H,4-6H2,1-3H3. The molecule has 3 aromatic rings. The molecule has 162 valence electrons. The van der Waals surface area contributed by atoms with Crippen LogP contribution in [0, 0.1) is 18.7 Å². The summed E-state index contributed by atoms with van der Waals surface area (Å²) < 4.78 is 20.5. The maximum atomic E-state index is 14.0. The number of aryl methyl sites for hydroxylation is 3. The van der Waals surface area contributed by atoms with Gasteiger partial charge in [0.1, 0.15) is 11.6 Å². The number of methoxy groups -OCH3 is 1. The van der Waals surface area contributed by atoms with Crippen LogP contribution in [0.25, 0.3) is 10.9 Å². The Labute approximate surface area is 178 Å². The lowest BCUT2D eigenvalue weighted by Crippen LogP contribution is -2.21. The summed E-state index contributed by atoms with van der Waals surface area (Å²) in [6.07, 6.45) is 6.01. The minimum atomic E-state index is -0.332. The predicted octanol–water partition coefficient (Wildman–Crippen LogP) is 5.93. The third-order valence-electron chi connectivity index (χ3n) is 5.34. The minimum Gasteiger partial charge on any atom is -0.497 e. The van der Waals surface area contributed by atoms with Crippen LogP contribution in [0.15, 0.2) is 47.5 Å². The molecule has 0 spiro atoms. The highest BCUT2D eigenvalue weighted by atomic mass is 19.1. The average molecular weight is 413 g/mol. The number of halogens is 1. The van der Waals surface area contributed by atoms with Gasteiger partial charge in [-0.3, -0.25) is 9.36 Å². The van der Waals surface area contributed by atoms with E-state index in [1.807, 2.05) is 19.1 Å². The minimum absolute atomic E-state index is 0.107. The first kappa shape index (κ1) is 23.6. The molecule has 30 heavy (non-hydrogen) atoms. The van der Waals surface area contributed by atoms with Gasteiger partial charge in [-0.1, -0.05) is 52.2 Å². The molecule has 5 heteroatoms. The highest BCUT2D eigenvalue weighted by molar-refractivity contribution is 5.77. The first-order valence-corrected chi connectivity index (χ1v) is 10.7. The summed E-state index contributed by atoms with van der Waals surface area (Å²) in [7, 11) is 1.50. The summed E-state index contributed by atoms with van der Waals surface area (Å²) in [5.41, 5.74) is 2.18. The predicted molar refractivity (Wildman–Crippen MR) is 122 cm³/mol. The Hall–Kier alpha value is -2.69. The molecule has 1 aromatic heterocycles. The lowest BCUT2D eigenvalue weighted by Gasteiger charge is -2.09. The molecule has 1 unspecified atom stereocenters. The van der Waals surface area contributed by atoms with Crippen molar-refractivity contribution in [3.63, 3.8) is 0 Å². The smallest absolute Gasteiger partial charge is 0.261 e. The first-order chi connectivity index (χ1) is 14.4. The van der Waals surface area contributed by atoms with Gasteiger partial charge in [0.25, 0.3) is 5.56 Å². The second-order valence-corrected chi connectivity index (χ2v) is 7.77. The molecule has 2 aromatic carbocycles. The Morgan fingerprint density at radius 1 is 1.17 bits per heavy atom. The van der Waals surface area contributed by atoms with Crippen LogP contribution >= 0.6 is 0 Å². The molecule has 0 N–H and O–H groups in total. The fraction of sp³-hybridized carbons (Fsp3) is 0.440. The lowest BCUT2D eigenvalue weighted by atomic mass is 10.0. The third kappa shape index (κ3) is 6.41. The van der Waals surface area contributed by atoms with Crippen molar-refractivity contribution in [3.8, 4) is 5.75 Å². The van der Waals surface area contributed by atoms with Gasteiger partial charge in [0.2, 0.25) is 0 Å². The van der Waals surface area contributed by atoms with E-state index in [1.165, 1.54) is 43.3 Å². The summed E-state index contributed by atoms with van der Waals surface area (Å²) in [4.78, 5) is 16.8. The van der Waals surface area contributed by atoms with E-state index < -0.39 is 0 Å². The summed E-state index contributed by atoms with van der Waals surface area (Å²) in [5.74, 6) is 1.10. The number of nitrogens with zero attached hydrogens (tertiary/aromatic N) is 2. The molecular weight excluding hydrogens is 379 g/mol. The number of hydrogen-bond acceptors (Lipinski definition) is 3. The van der Waals surface area contributed by atoms with Gasteiger partial charge in [-0.25, -0.2) is 9.37 Å². The molecule has 0 saturated carbocycles. The molecule has 4 nitrogen and oxygen atoms in total. The largest absolute Gasteiger partial charge is 0.497 e. The van der Waals surface area contributed by atoms with Crippen molar-refractivity contribution in [1.29, 1.82) is 0 Å². The molecule has 1 atom stereocenters.